The summed E-state index contributed by atoms with van der Waals surface area (Å²) in [6.45, 7) is 4.76. The molecule has 4 rings (SSSR count). The van der Waals surface area contributed by atoms with Crippen LogP contribution in [0, 0.1) is 12.8 Å². The number of aryl methyl sites for hydroxylation is 1. The first-order valence-electron chi connectivity index (χ1n) is 12.2. The lowest BCUT2D eigenvalue weighted by Crippen LogP contribution is -2.51. The van der Waals surface area contributed by atoms with Crippen LogP contribution >= 0.6 is 0 Å². The molecule has 0 saturated carbocycles. The number of Topliss-reactive ketones (excluding diaryl/α,β-unsaturated/α-hetero) is 1. The maximum absolute atomic E-state index is 13.3. The second-order valence-electron chi connectivity index (χ2n) is 10.0. The fourth-order valence-corrected chi connectivity index (χ4v) is 5.77. The zero-order chi connectivity index (χ0) is 24.2. The molecule has 1 fully saturated rings. The fraction of sp³-hybridized carbons (Fsp3) is 0.333. The third-order valence-electron chi connectivity index (χ3n) is 7.61. The Morgan fingerprint density at radius 2 is 1.47 bits per heavy atom. The first kappa shape index (κ1) is 23.9. The van der Waals surface area contributed by atoms with Gasteiger partial charge in [-0.3, -0.25) is 9.59 Å². The van der Waals surface area contributed by atoms with Gasteiger partial charge in [0, 0.05) is 30.7 Å². The highest BCUT2D eigenvalue weighted by Crippen LogP contribution is 2.45. The van der Waals surface area contributed by atoms with Crippen LogP contribution in [0.15, 0.2) is 84.9 Å². The lowest BCUT2D eigenvalue weighted by Gasteiger charge is -2.38. The van der Waals surface area contributed by atoms with Gasteiger partial charge in [-0.05, 0) is 18.1 Å². The number of rotatable bonds is 9. The molecule has 1 aliphatic heterocycles. The topological polar surface area (TPSA) is 60.2 Å². The summed E-state index contributed by atoms with van der Waals surface area (Å²) in [4.78, 5) is 25.9. The van der Waals surface area contributed by atoms with Gasteiger partial charge in [-0.25, -0.2) is 0 Å². The third kappa shape index (κ3) is 4.69. The predicted octanol–water partition coefficient (Wildman–Crippen LogP) is 4.90. The minimum absolute atomic E-state index is 0.0904. The lowest BCUT2D eigenvalue weighted by atomic mass is 9.64. The second-order valence-corrected chi connectivity index (χ2v) is 10.0. The second kappa shape index (κ2) is 9.94. The number of benzene rings is 3. The molecule has 3 aromatic carbocycles. The third-order valence-corrected chi connectivity index (χ3v) is 7.61. The molecule has 0 aromatic heterocycles. The number of carbonyl (C=O) groups excluding carboxylic acids is 2. The predicted molar refractivity (Wildman–Crippen MR) is 136 cm³/mol. The molecule has 2 N–H and O–H groups in total. The van der Waals surface area contributed by atoms with Crippen molar-refractivity contribution >= 4 is 11.7 Å². The van der Waals surface area contributed by atoms with E-state index in [9.17, 15) is 9.59 Å². The first-order valence-corrected chi connectivity index (χ1v) is 12.2. The van der Waals surface area contributed by atoms with Crippen molar-refractivity contribution in [3.05, 3.63) is 107 Å². The minimum atomic E-state index is -0.865. The molecule has 176 valence electrons. The van der Waals surface area contributed by atoms with Crippen molar-refractivity contribution in [2.75, 3.05) is 26.7 Å². The quantitative estimate of drug-likeness (QED) is 0.369. The Morgan fingerprint density at radius 1 is 0.912 bits per heavy atom. The van der Waals surface area contributed by atoms with Crippen molar-refractivity contribution in [1.82, 2.24) is 0 Å². The van der Waals surface area contributed by atoms with Crippen molar-refractivity contribution in [3.8, 4) is 0 Å². The molecule has 1 saturated heterocycles. The molecule has 0 spiro atoms. The first-order chi connectivity index (χ1) is 16.3. The monoisotopic (exact) mass is 455 g/mol. The van der Waals surface area contributed by atoms with E-state index >= 15 is 0 Å². The van der Waals surface area contributed by atoms with E-state index < -0.39 is 5.41 Å². The van der Waals surface area contributed by atoms with Crippen LogP contribution in [0.4, 0.5) is 0 Å². The molecule has 4 heteroatoms. The van der Waals surface area contributed by atoms with Crippen LogP contribution in [0.5, 0.6) is 0 Å². The number of quaternary nitrogens is 1. The average molecular weight is 456 g/mol. The van der Waals surface area contributed by atoms with Gasteiger partial charge in [0.25, 0.3) is 0 Å². The zero-order valence-electron chi connectivity index (χ0n) is 20.2. The van der Waals surface area contributed by atoms with E-state index in [1.165, 1.54) is 0 Å². The molecule has 1 aliphatic rings. The molecule has 0 aliphatic carbocycles. The minimum Gasteiger partial charge on any atom is -0.369 e. The highest BCUT2D eigenvalue weighted by molar-refractivity contribution is 5.96. The summed E-state index contributed by atoms with van der Waals surface area (Å²) in [7, 11) is 2.25. The van der Waals surface area contributed by atoms with Crippen LogP contribution in [0.3, 0.4) is 0 Å². The van der Waals surface area contributed by atoms with Gasteiger partial charge in [0.2, 0.25) is 5.91 Å². The Kier molecular flexibility index (Phi) is 6.99. The molecule has 1 amide bonds. The Bertz CT molecular complexity index is 1090. The number of nitrogens with two attached hydrogens (primary N) is 1. The van der Waals surface area contributed by atoms with E-state index in [0.717, 1.165) is 59.2 Å². The Morgan fingerprint density at radius 3 is 2.00 bits per heavy atom. The maximum atomic E-state index is 13.3. The van der Waals surface area contributed by atoms with E-state index in [1.54, 1.807) is 0 Å². The molecule has 4 nitrogen and oxygen atoms in total. The van der Waals surface area contributed by atoms with Crippen LogP contribution in [0.25, 0.3) is 0 Å². The summed E-state index contributed by atoms with van der Waals surface area (Å²) in [6.07, 6.45) is 2.28. The van der Waals surface area contributed by atoms with E-state index in [2.05, 4.69) is 7.05 Å². The molecule has 3 aromatic rings. The summed E-state index contributed by atoms with van der Waals surface area (Å²) < 4.78 is 0.848. The van der Waals surface area contributed by atoms with E-state index in [0.29, 0.717) is 6.42 Å². The zero-order valence-corrected chi connectivity index (χ0v) is 20.2. The molecule has 1 heterocycles. The molecular weight excluding hydrogens is 420 g/mol. The van der Waals surface area contributed by atoms with Gasteiger partial charge in [0.05, 0.1) is 26.7 Å². The molecule has 0 bridgehead atoms. The van der Waals surface area contributed by atoms with E-state index in [-0.39, 0.29) is 17.6 Å². The molecular formula is C30H35N2O2+. The normalized spacial score (nSPS) is 20.2. The molecule has 2 atom stereocenters. The summed E-state index contributed by atoms with van der Waals surface area (Å²) in [5.41, 5.74) is 9.23. The van der Waals surface area contributed by atoms with Gasteiger partial charge in [-0.15, -0.1) is 0 Å². The van der Waals surface area contributed by atoms with Gasteiger partial charge in [0.1, 0.15) is 5.41 Å². The van der Waals surface area contributed by atoms with Crippen LogP contribution in [-0.2, 0) is 10.2 Å². The van der Waals surface area contributed by atoms with Crippen molar-refractivity contribution in [3.63, 3.8) is 0 Å². The number of amides is 1. The van der Waals surface area contributed by atoms with Crippen molar-refractivity contribution < 1.29 is 14.1 Å². The van der Waals surface area contributed by atoms with Gasteiger partial charge in [0.15, 0.2) is 5.78 Å². The average Bonchev–Trinajstić information content (AvgIpc) is 3.23. The Hall–Kier alpha value is -3.24. The summed E-state index contributed by atoms with van der Waals surface area (Å²) >= 11 is 0. The smallest absolute Gasteiger partial charge is 0.233 e. The molecule has 34 heavy (non-hydrogen) atoms. The highest BCUT2D eigenvalue weighted by Gasteiger charge is 2.53. The number of hydrogen-bond acceptors (Lipinski definition) is 2. The fourth-order valence-electron chi connectivity index (χ4n) is 5.77. The van der Waals surface area contributed by atoms with Crippen molar-refractivity contribution in [2.45, 2.75) is 31.6 Å². The largest absolute Gasteiger partial charge is 0.369 e. The van der Waals surface area contributed by atoms with Gasteiger partial charge < -0.3 is 10.2 Å². The summed E-state index contributed by atoms with van der Waals surface area (Å²) in [5, 5.41) is 0. The van der Waals surface area contributed by atoms with Gasteiger partial charge in [-0.2, -0.15) is 0 Å². The molecule has 1 unspecified atom stereocenters. The number of nitrogens with zero attached hydrogens (tertiary/aromatic N) is 1. The number of likely N-dealkylation sites (tertiary alicyclic amines) is 1. The summed E-state index contributed by atoms with van der Waals surface area (Å²) in [6, 6.07) is 27.8. The number of hydrogen-bond donors (Lipinski definition) is 1. The van der Waals surface area contributed by atoms with Crippen LogP contribution < -0.4 is 5.73 Å². The van der Waals surface area contributed by atoms with Crippen molar-refractivity contribution in [2.24, 2.45) is 11.7 Å². The number of primary amides is 1. The maximum Gasteiger partial charge on any atom is 0.233 e. The van der Waals surface area contributed by atoms with Gasteiger partial charge >= 0.3 is 0 Å². The Balaban J connectivity index is 1.53. The van der Waals surface area contributed by atoms with Gasteiger partial charge in [-0.1, -0.05) is 90.5 Å². The van der Waals surface area contributed by atoms with E-state index in [4.69, 9.17) is 5.73 Å². The van der Waals surface area contributed by atoms with Crippen molar-refractivity contribution in [1.29, 1.82) is 0 Å². The standard InChI is InChI=1S/C30H34N2O2/c1-23-15-17-24(18-16-23)28(33)14-9-20-32(2)21-19-27(22-32)30(29(31)34,25-10-5-3-6-11-25)26-12-7-4-8-13-26/h3-8,10-13,15-18,27H,9,14,19-22H2,1-2H3,(H-,31,34)/p+1/t27?,32-/m0/s1. The molecule has 0 radical (unpaired) electrons. The Labute approximate surface area is 203 Å². The highest BCUT2D eigenvalue weighted by atomic mass is 16.1. The van der Waals surface area contributed by atoms with Crippen LogP contribution in [-0.4, -0.2) is 42.9 Å². The SMILES string of the molecule is Cc1ccc(C(=O)CCC[N@@+]2(C)CCC(C(C(N)=O)(c3ccccc3)c3ccccc3)C2)cc1. The lowest BCUT2D eigenvalue weighted by molar-refractivity contribution is -0.899. The van der Waals surface area contributed by atoms with Crippen LogP contribution in [0.1, 0.15) is 46.3 Å². The van der Waals surface area contributed by atoms with E-state index in [1.807, 2.05) is 91.9 Å². The van der Waals surface area contributed by atoms with Crippen LogP contribution in [0.2, 0.25) is 0 Å². The summed E-state index contributed by atoms with van der Waals surface area (Å²) in [5.74, 6) is -0.00657. The number of ketones is 1. The number of carbonyl (C=O) groups is 2.